The third-order valence-electron chi connectivity index (χ3n) is 6.22. The normalized spacial score (nSPS) is 21.5. The number of ether oxygens (including phenoxy) is 1. The van der Waals surface area contributed by atoms with Crippen molar-refractivity contribution in [2.75, 3.05) is 23.0 Å². The molecule has 1 atom stereocenters. The first kappa shape index (κ1) is 20.5. The van der Waals surface area contributed by atoms with Gasteiger partial charge in [0, 0.05) is 16.4 Å². The smallest absolute Gasteiger partial charge is 0.332 e. The average molecular weight is 446 g/mol. The lowest BCUT2D eigenvalue weighted by molar-refractivity contribution is -0.153. The Hall–Kier alpha value is -3.37. The van der Waals surface area contributed by atoms with Gasteiger partial charge in [0.15, 0.2) is 11.4 Å². The quantitative estimate of drug-likeness (QED) is 0.559. The van der Waals surface area contributed by atoms with Crippen LogP contribution in [0.2, 0.25) is 5.02 Å². The van der Waals surface area contributed by atoms with Gasteiger partial charge in [0.2, 0.25) is 0 Å². The van der Waals surface area contributed by atoms with Crippen molar-refractivity contribution < 1.29 is 14.6 Å². The van der Waals surface area contributed by atoms with Gasteiger partial charge in [0.25, 0.3) is 0 Å². The lowest BCUT2D eigenvalue weighted by atomic mass is 9.78. The first-order valence-corrected chi connectivity index (χ1v) is 10.5. The molecule has 2 saturated heterocycles. The summed E-state index contributed by atoms with van der Waals surface area (Å²) >= 11 is 6.09. The number of hydrogen-bond donors (Lipinski definition) is 1. The zero-order chi connectivity index (χ0) is 22.5. The van der Waals surface area contributed by atoms with E-state index >= 15 is 0 Å². The van der Waals surface area contributed by atoms with Crippen LogP contribution in [0.5, 0.6) is 0 Å². The van der Waals surface area contributed by atoms with E-state index in [1.54, 1.807) is 53.4 Å². The molecule has 2 aliphatic heterocycles. The van der Waals surface area contributed by atoms with Crippen LogP contribution in [0, 0.1) is 13.5 Å². The second kappa shape index (κ2) is 7.35. The summed E-state index contributed by atoms with van der Waals surface area (Å²) < 4.78 is 5.60. The van der Waals surface area contributed by atoms with Crippen molar-refractivity contribution in [1.82, 2.24) is 0 Å². The number of hydrogen-bond acceptors (Lipinski definition) is 3. The Balaban J connectivity index is 1.77. The predicted molar refractivity (Wildman–Crippen MR) is 123 cm³/mol. The van der Waals surface area contributed by atoms with Gasteiger partial charge >= 0.3 is 6.03 Å². The summed E-state index contributed by atoms with van der Waals surface area (Å²) in [6.07, 6.45) is 0. The van der Waals surface area contributed by atoms with Crippen LogP contribution in [-0.4, -0.2) is 29.9 Å². The molecular weight excluding hydrogens is 426 g/mol. The monoisotopic (exact) mass is 445 g/mol. The van der Waals surface area contributed by atoms with Crippen LogP contribution in [0.3, 0.4) is 0 Å². The van der Waals surface area contributed by atoms with Crippen LogP contribution in [0.25, 0.3) is 4.85 Å². The van der Waals surface area contributed by atoms with Gasteiger partial charge in [0.1, 0.15) is 5.54 Å². The fraction of sp³-hybridized carbons (Fsp3) is 0.200. The van der Waals surface area contributed by atoms with Gasteiger partial charge in [-0.1, -0.05) is 47.5 Å². The molecule has 1 spiro atoms. The molecule has 2 heterocycles. The zero-order valence-electron chi connectivity index (χ0n) is 17.3. The number of halogens is 1. The van der Waals surface area contributed by atoms with Crippen molar-refractivity contribution in [2.45, 2.75) is 18.2 Å². The summed E-state index contributed by atoms with van der Waals surface area (Å²) in [6.45, 7) is 9.69. The van der Waals surface area contributed by atoms with Crippen LogP contribution in [0.4, 0.5) is 21.9 Å². The molecule has 2 aliphatic rings. The van der Waals surface area contributed by atoms with Crippen molar-refractivity contribution >= 4 is 34.7 Å². The Labute approximate surface area is 191 Å². The first-order chi connectivity index (χ1) is 15.4. The van der Waals surface area contributed by atoms with E-state index in [2.05, 4.69) is 4.85 Å². The molecule has 0 radical (unpaired) electrons. The molecule has 0 aliphatic carbocycles. The second-order valence-corrected chi connectivity index (χ2v) is 8.56. The minimum atomic E-state index is -1.78. The lowest BCUT2D eigenvalue weighted by Crippen LogP contribution is -2.70. The van der Waals surface area contributed by atoms with E-state index in [4.69, 9.17) is 22.9 Å². The molecule has 3 aromatic rings. The van der Waals surface area contributed by atoms with Gasteiger partial charge < -0.3 is 9.84 Å². The van der Waals surface area contributed by atoms with E-state index in [1.807, 2.05) is 31.2 Å². The highest BCUT2D eigenvalue weighted by Crippen LogP contribution is 2.54. The van der Waals surface area contributed by atoms with Gasteiger partial charge in [-0.15, -0.1) is 0 Å². The van der Waals surface area contributed by atoms with E-state index in [0.717, 1.165) is 5.56 Å². The molecule has 1 N–H and O–H groups in total. The minimum Gasteiger partial charge on any atom is -0.376 e. The van der Waals surface area contributed by atoms with E-state index in [0.29, 0.717) is 27.6 Å². The molecule has 32 heavy (non-hydrogen) atoms. The highest BCUT2D eigenvalue weighted by Gasteiger charge is 2.72. The van der Waals surface area contributed by atoms with Gasteiger partial charge in [-0.25, -0.2) is 9.64 Å². The predicted octanol–water partition coefficient (Wildman–Crippen LogP) is 5.26. The summed E-state index contributed by atoms with van der Waals surface area (Å²) in [4.78, 5) is 20.5. The van der Waals surface area contributed by atoms with Gasteiger partial charge in [0.05, 0.1) is 19.8 Å². The maximum Gasteiger partial charge on any atom is 0.332 e. The SMILES string of the molecule is [C-]#[N+]c1cccc(C2(O)N(c3ccc(Cl)cc3)C(=O)N(c3ccc(C)cc3)C23COC3)c1. The molecule has 2 amide bonds. The van der Waals surface area contributed by atoms with Gasteiger partial charge in [-0.05, 0) is 55.0 Å². The molecule has 7 heteroatoms. The molecule has 5 rings (SSSR count). The van der Waals surface area contributed by atoms with E-state index in [9.17, 15) is 9.90 Å². The third kappa shape index (κ3) is 2.76. The average Bonchev–Trinajstić information content (AvgIpc) is 3.00. The highest BCUT2D eigenvalue weighted by molar-refractivity contribution is 6.30. The molecule has 0 aromatic heterocycles. The number of carbonyl (C=O) groups excluding carboxylic acids is 1. The number of benzene rings is 3. The first-order valence-electron chi connectivity index (χ1n) is 10.2. The molecule has 1 unspecified atom stereocenters. The number of rotatable bonds is 3. The summed E-state index contributed by atoms with van der Waals surface area (Å²) in [5.41, 5.74) is 0.210. The molecule has 3 aromatic carbocycles. The van der Waals surface area contributed by atoms with E-state index < -0.39 is 11.3 Å². The van der Waals surface area contributed by atoms with Crippen molar-refractivity contribution in [3.05, 3.63) is 100 Å². The number of aliphatic hydroxyl groups is 1. The van der Waals surface area contributed by atoms with Crippen LogP contribution in [0.1, 0.15) is 11.1 Å². The van der Waals surface area contributed by atoms with Gasteiger partial charge in [-0.2, -0.15) is 0 Å². The minimum absolute atomic E-state index is 0.148. The van der Waals surface area contributed by atoms with Crippen molar-refractivity contribution in [1.29, 1.82) is 0 Å². The molecule has 0 bridgehead atoms. The van der Waals surface area contributed by atoms with Crippen molar-refractivity contribution in [2.24, 2.45) is 0 Å². The maximum absolute atomic E-state index is 14.0. The summed E-state index contributed by atoms with van der Waals surface area (Å²) in [6, 6.07) is 20.7. The number of aryl methyl sites for hydroxylation is 1. The van der Waals surface area contributed by atoms with Crippen LogP contribution >= 0.6 is 11.6 Å². The molecule has 160 valence electrons. The van der Waals surface area contributed by atoms with Crippen molar-refractivity contribution in [3.8, 4) is 0 Å². The molecule has 0 saturated carbocycles. The molecule has 2 fully saturated rings. The zero-order valence-corrected chi connectivity index (χ0v) is 18.1. The van der Waals surface area contributed by atoms with E-state index in [1.165, 1.54) is 4.90 Å². The Morgan fingerprint density at radius 2 is 1.62 bits per heavy atom. The fourth-order valence-electron chi connectivity index (χ4n) is 4.54. The van der Waals surface area contributed by atoms with E-state index in [-0.39, 0.29) is 19.2 Å². The Morgan fingerprint density at radius 1 is 1.00 bits per heavy atom. The maximum atomic E-state index is 14.0. The summed E-state index contributed by atoms with van der Waals surface area (Å²) in [5.74, 6) is 0. The van der Waals surface area contributed by atoms with Crippen LogP contribution < -0.4 is 9.80 Å². The number of carbonyl (C=O) groups is 1. The largest absolute Gasteiger partial charge is 0.376 e. The summed E-state index contributed by atoms with van der Waals surface area (Å²) in [5, 5.41) is 13.0. The number of nitrogens with zero attached hydrogens (tertiary/aromatic N) is 3. The fourth-order valence-corrected chi connectivity index (χ4v) is 4.67. The third-order valence-corrected chi connectivity index (χ3v) is 6.47. The highest BCUT2D eigenvalue weighted by atomic mass is 35.5. The Kier molecular flexibility index (Phi) is 4.72. The lowest BCUT2D eigenvalue weighted by Gasteiger charge is -2.51. The van der Waals surface area contributed by atoms with Crippen LogP contribution in [-0.2, 0) is 10.5 Å². The Bertz CT molecular complexity index is 1230. The summed E-state index contributed by atoms with van der Waals surface area (Å²) in [7, 11) is 0. The Morgan fingerprint density at radius 3 is 2.22 bits per heavy atom. The van der Waals surface area contributed by atoms with Crippen LogP contribution in [0.15, 0.2) is 72.8 Å². The number of anilines is 2. The standard InChI is InChI=1S/C25H20ClN3O3/c1-17-6-10-21(11-7-17)28-23(30)29(22-12-8-19(26)9-13-22)25(31,24(28)15-32-16-24)18-4-3-5-20(14-18)27-2/h3-14,31H,15-16H2,1H3. The molecular formula is C25H20ClN3O3. The van der Waals surface area contributed by atoms with Gasteiger partial charge in [-0.3, -0.25) is 9.80 Å². The number of amides is 2. The number of urea groups is 1. The van der Waals surface area contributed by atoms with Crippen molar-refractivity contribution in [3.63, 3.8) is 0 Å². The molecule has 6 nitrogen and oxygen atoms in total. The second-order valence-electron chi connectivity index (χ2n) is 8.12. The topological polar surface area (TPSA) is 57.4 Å².